The first-order valence-corrected chi connectivity index (χ1v) is 11.1. The Morgan fingerprint density at radius 2 is 1.81 bits per heavy atom. The SMILES string of the molecule is CCOc1ccc(C2CCCN2C(=O)c2ccc(Cn3nnc4ccccc43)cc2)cc1. The van der Waals surface area contributed by atoms with Gasteiger partial charge in [0.05, 0.1) is 24.7 Å². The van der Waals surface area contributed by atoms with Crippen LogP contribution < -0.4 is 4.74 Å². The molecule has 1 aliphatic rings. The summed E-state index contributed by atoms with van der Waals surface area (Å²) in [4.78, 5) is 15.3. The molecular weight excluding hydrogens is 400 g/mol. The molecule has 0 aliphatic carbocycles. The second-order valence-electron chi connectivity index (χ2n) is 8.09. The molecule has 2 heterocycles. The van der Waals surface area contributed by atoms with Crippen LogP contribution in [0, 0.1) is 0 Å². The number of ether oxygens (including phenoxy) is 1. The molecular formula is C26H26N4O2. The summed E-state index contributed by atoms with van der Waals surface area (Å²) < 4.78 is 7.43. The van der Waals surface area contributed by atoms with Crippen LogP contribution in [0.25, 0.3) is 11.0 Å². The summed E-state index contributed by atoms with van der Waals surface area (Å²) in [5.74, 6) is 0.946. The van der Waals surface area contributed by atoms with Gasteiger partial charge in [0.1, 0.15) is 11.3 Å². The van der Waals surface area contributed by atoms with Gasteiger partial charge in [-0.1, -0.05) is 41.6 Å². The van der Waals surface area contributed by atoms with Crippen LogP contribution in [-0.2, 0) is 6.54 Å². The Hall–Kier alpha value is -3.67. The lowest BCUT2D eigenvalue weighted by molar-refractivity contribution is 0.0735. The minimum atomic E-state index is 0.0825. The van der Waals surface area contributed by atoms with Crippen LogP contribution in [0.1, 0.15) is 47.3 Å². The molecule has 6 heteroatoms. The third-order valence-corrected chi connectivity index (χ3v) is 6.04. The van der Waals surface area contributed by atoms with E-state index >= 15 is 0 Å². The van der Waals surface area contributed by atoms with E-state index in [1.165, 1.54) is 0 Å². The van der Waals surface area contributed by atoms with Crippen molar-refractivity contribution in [2.45, 2.75) is 32.4 Å². The van der Waals surface area contributed by atoms with Crippen molar-refractivity contribution < 1.29 is 9.53 Å². The highest BCUT2D eigenvalue weighted by molar-refractivity contribution is 5.94. The number of rotatable bonds is 6. The molecule has 0 N–H and O–H groups in total. The zero-order chi connectivity index (χ0) is 21.9. The molecule has 4 aromatic rings. The van der Waals surface area contributed by atoms with Crippen LogP contribution in [0.3, 0.4) is 0 Å². The average molecular weight is 427 g/mol. The number of hydrogen-bond acceptors (Lipinski definition) is 4. The Labute approximate surface area is 187 Å². The number of hydrogen-bond donors (Lipinski definition) is 0. The Balaban J connectivity index is 1.30. The minimum Gasteiger partial charge on any atom is -0.494 e. The van der Waals surface area contributed by atoms with Gasteiger partial charge in [-0.3, -0.25) is 4.79 Å². The van der Waals surface area contributed by atoms with Crippen molar-refractivity contribution >= 4 is 16.9 Å². The van der Waals surface area contributed by atoms with Gasteiger partial charge in [0.2, 0.25) is 0 Å². The van der Waals surface area contributed by atoms with Gasteiger partial charge < -0.3 is 9.64 Å². The van der Waals surface area contributed by atoms with E-state index in [2.05, 4.69) is 22.4 Å². The van der Waals surface area contributed by atoms with Crippen LogP contribution in [0.15, 0.2) is 72.8 Å². The van der Waals surface area contributed by atoms with Gasteiger partial charge in [-0.25, -0.2) is 4.68 Å². The van der Waals surface area contributed by atoms with Crippen molar-refractivity contribution in [1.82, 2.24) is 19.9 Å². The molecule has 32 heavy (non-hydrogen) atoms. The van der Waals surface area contributed by atoms with Crippen molar-refractivity contribution in [2.24, 2.45) is 0 Å². The van der Waals surface area contributed by atoms with Gasteiger partial charge in [0.15, 0.2) is 0 Å². The number of carbonyl (C=O) groups excluding carboxylic acids is 1. The number of nitrogens with zero attached hydrogens (tertiary/aromatic N) is 4. The Morgan fingerprint density at radius 1 is 1.03 bits per heavy atom. The lowest BCUT2D eigenvalue weighted by atomic mass is 10.0. The van der Waals surface area contributed by atoms with Crippen LogP contribution in [0.4, 0.5) is 0 Å². The van der Waals surface area contributed by atoms with Gasteiger partial charge in [0.25, 0.3) is 5.91 Å². The van der Waals surface area contributed by atoms with E-state index < -0.39 is 0 Å². The molecule has 1 unspecified atom stereocenters. The standard InChI is InChI=1S/C26H26N4O2/c1-2-32-22-15-13-20(14-16-22)24-8-5-17-29(24)26(31)21-11-9-19(10-12-21)18-30-25-7-4-3-6-23(25)27-28-30/h3-4,6-7,9-16,24H,2,5,8,17-18H2,1H3. The summed E-state index contributed by atoms with van der Waals surface area (Å²) >= 11 is 0. The zero-order valence-corrected chi connectivity index (χ0v) is 18.1. The summed E-state index contributed by atoms with van der Waals surface area (Å²) in [6.07, 6.45) is 2.00. The van der Waals surface area contributed by atoms with E-state index in [0.717, 1.165) is 52.9 Å². The molecule has 1 fully saturated rings. The normalized spacial score (nSPS) is 15.9. The second kappa shape index (κ2) is 8.83. The molecule has 3 aromatic carbocycles. The molecule has 1 saturated heterocycles. The van der Waals surface area contributed by atoms with Gasteiger partial charge in [-0.05, 0) is 67.3 Å². The summed E-state index contributed by atoms with van der Waals surface area (Å²) in [7, 11) is 0. The van der Waals surface area contributed by atoms with Gasteiger partial charge in [-0.15, -0.1) is 5.10 Å². The number of para-hydroxylation sites is 1. The Kier molecular flexibility index (Phi) is 5.58. The number of amides is 1. The quantitative estimate of drug-likeness (QED) is 0.442. The molecule has 0 bridgehead atoms. The number of likely N-dealkylation sites (tertiary alicyclic amines) is 1. The number of aromatic nitrogens is 3. The van der Waals surface area contributed by atoms with Gasteiger partial charge in [-0.2, -0.15) is 0 Å². The molecule has 1 amide bonds. The maximum absolute atomic E-state index is 13.3. The highest BCUT2D eigenvalue weighted by Gasteiger charge is 2.30. The monoisotopic (exact) mass is 426 g/mol. The second-order valence-corrected chi connectivity index (χ2v) is 8.09. The molecule has 5 rings (SSSR count). The molecule has 1 atom stereocenters. The number of fused-ring (bicyclic) bond motifs is 1. The largest absolute Gasteiger partial charge is 0.494 e. The maximum Gasteiger partial charge on any atom is 0.254 e. The fourth-order valence-corrected chi connectivity index (χ4v) is 4.43. The van der Waals surface area contributed by atoms with Crippen molar-refractivity contribution in [2.75, 3.05) is 13.2 Å². The molecule has 0 spiro atoms. The maximum atomic E-state index is 13.3. The van der Waals surface area contributed by atoms with Crippen molar-refractivity contribution in [1.29, 1.82) is 0 Å². The minimum absolute atomic E-state index is 0.0825. The third-order valence-electron chi connectivity index (χ3n) is 6.04. The van der Waals surface area contributed by atoms with E-state index in [4.69, 9.17) is 4.74 Å². The van der Waals surface area contributed by atoms with E-state index in [-0.39, 0.29) is 11.9 Å². The van der Waals surface area contributed by atoms with E-state index in [0.29, 0.717) is 13.2 Å². The lowest BCUT2D eigenvalue weighted by Gasteiger charge is -2.25. The summed E-state index contributed by atoms with van der Waals surface area (Å²) in [5.41, 5.74) is 4.85. The molecule has 6 nitrogen and oxygen atoms in total. The lowest BCUT2D eigenvalue weighted by Crippen LogP contribution is -2.30. The highest BCUT2D eigenvalue weighted by atomic mass is 16.5. The van der Waals surface area contributed by atoms with Crippen molar-refractivity contribution in [3.8, 4) is 5.75 Å². The van der Waals surface area contributed by atoms with Crippen LogP contribution in [0.2, 0.25) is 0 Å². The van der Waals surface area contributed by atoms with Gasteiger partial charge in [0, 0.05) is 12.1 Å². The molecule has 162 valence electrons. The first kappa shape index (κ1) is 20.2. The summed E-state index contributed by atoms with van der Waals surface area (Å²) in [5, 5.41) is 8.46. The Morgan fingerprint density at radius 3 is 2.59 bits per heavy atom. The van der Waals surface area contributed by atoms with Crippen molar-refractivity contribution in [3.63, 3.8) is 0 Å². The smallest absolute Gasteiger partial charge is 0.254 e. The fraction of sp³-hybridized carbons (Fsp3) is 0.269. The van der Waals surface area contributed by atoms with E-state index in [1.807, 2.05) is 77.2 Å². The molecule has 1 aliphatic heterocycles. The molecule has 1 aromatic heterocycles. The van der Waals surface area contributed by atoms with E-state index in [9.17, 15) is 4.79 Å². The average Bonchev–Trinajstić information content (AvgIpc) is 3.48. The zero-order valence-electron chi connectivity index (χ0n) is 18.1. The predicted molar refractivity (Wildman–Crippen MR) is 124 cm³/mol. The van der Waals surface area contributed by atoms with E-state index in [1.54, 1.807) is 0 Å². The molecule has 0 saturated carbocycles. The first-order chi connectivity index (χ1) is 15.7. The fourth-order valence-electron chi connectivity index (χ4n) is 4.43. The third kappa shape index (κ3) is 3.96. The van der Waals surface area contributed by atoms with Gasteiger partial charge >= 0.3 is 0 Å². The summed E-state index contributed by atoms with van der Waals surface area (Å²) in [6, 6.07) is 24.0. The molecule has 0 radical (unpaired) electrons. The van der Waals surface area contributed by atoms with Crippen LogP contribution >= 0.6 is 0 Å². The van der Waals surface area contributed by atoms with Crippen LogP contribution in [-0.4, -0.2) is 39.0 Å². The Bertz CT molecular complexity index is 1210. The number of carbonyl (C=O) groups is 1. The topological polar surface area (TPSA) is 60.2 Å². The number of benzene rings is 3. The highest BCUT2D eigenvalue weighted by Crippen LogP contribution is 2.34. The van der Waals surface area contributed by atoms with Crippen molar-refractivity contribution in [3.05, 3.63) is 89.5 Å². The summed E-state index contributed by atoms with van der Waals surface area (Å²) in [6.45, 7) is 4.03. The van der Waals surface area contributed by atoms with Crippen LogP contribution in [0.5, 0.6) is 5.75 Å². The predicted octanol–water partition coefficient (Wildman–Crippen LogP) is 4.86. The first-order valence-electron chi connectivity index (χ1n) is 11.1.